The fraction of sp³-hybridized carbons (Fsp3) is 0.174. The van der Waals surface area contributed by atoms with Gasteiger partial charge >= 0.3 is 0 Å². The van der Waals surface area contributed by atoms with Crippen molar-refractivity contribution < 1.29 is 14.6 Å². The number of nitrogens with zero attached hydrogens (tertiary/aromatic N) is 3. The SMILES string of the molecule is CCc1c(Cn2ccnc2)cccc1Nc1c(C(N)=O)cnc2cc(OC)c(O)cc12. The number of hydrogen-bond acceptors (Lipinski definition) is 6. The average molecular weight is 417 g/mol. The minimum atomic E-state index is -0.611. The van der Waals surface area contributed by atoms with Gasteiger partial charge in [0.25, 0.3) is 5.91 Å². The van der Waals surface area contributed by atoms with E-state index in [1.54, 1.807) is 18.6 Å². The second kappa shape index (κ2) is 8.35. The van der Waals surface area contributed by atoms with Crippen molar-refractivity contribution in [1.29, 1.82) is 0 Å². The molecule has 2 aromatic heterocycles. The highest BCUT2D eigenvalue weighted by Gasteiger charge is 2.18. The van der Waals surface area contributed by atoms with Crippen LogP contribution in [-0.4, -0.2) is 32.7 Å². The van der Waals surface area contributed by atoms with E-state index in [9.17, 15) is 9.90 Å². The van der Waals surface area contributed by atoms with E-state index >= 15 is 0 Å². The van der Waals surface area contributed by atoms with Crippen LogP contribution in [0.3, 0.4) is 0 Å². The molecule has 4 rings (SSSR count). The zero-order chi connectivity index (χ0) is 22.0. The Kier molecular flexibility index (Phi) is 5.44. The Labute approximate surface area is 179 Å². The maximum atomic E-state index is 12.1. The predicted octanol–water partition coefficient (Wildman–Crippen LogP) is 3.60. The second-order valence-corrected chi connectivity index (χ2v) is 7.11. The van der Waals surface area contributed by atoms with Crippen molar-refractivity contribution in [3.05, 3.63) is 71.9 Å². The number of amides is 1. The van der Waals surface area contributed by atoms with Crippen LogP contribution in [0.1, 0.15) is 28.4 Å². The van der Waals surface area contributed by atoms with Crippen LogP contribution in [0, 0.1) is 0 Å². The van der Waals surface area contributed by atoms with Crippen molar-refractivity contribution in [2.45, 2.75) is 19.9 Å². The summed E-state index contributed by atoms with van der Waals surface area (Å²) in [5.41, 5.74) is 10.0. The highest BCUT2D eigenvalue weighted by Crippen LogP contribution is 2.37. The minimum absolute atomic E-state index is 0.0500. The van der Waals surface area contributed by atoms with Gasteiger partial charge in [-0.25, -0.2) is 4.98 Å². The summed E-state index contributed by atoms with van der Waals surface area (Å²) in [6, 6.07) is 9.13. The van der Waals surface area contributed by atoms with Crippen molar-refractivity contribution in [2.75, 3.05) is 12.4 Å². The van der Waals surface area contributed by atoms with Gasteiger partial charge in [-0.3, -0.25) is 9.78 Å². The Morgan fingerprint density at radius 2 is 2.16 bits per heavy atom. The maximum Gasteiger partial charge on any atom is 0.252 e. The normalized spacial score (nSPS) is 10.9. The molecule has 8 heteroatoms. The number of pyridine rings is 1. The number of phenols is 1. The Bertz CT molecular complexity index is 1250. The van der Waals surface area contributed by atoms with Crippen LogP contribution in [0.5, 0.6) is 11.5 Å². The van der Waals surface area contributed by atoms with E-state index in [0.717, 1.165) is 23.2 Å². The summed E-state index contributed by atoms with van der Waals surface area (Å²) in [4.78, 5) is 20.6. The largest absolute Gasteiger partial charge is 0.504 e. The van der Waals surface area contributed by atoms with E-state index in [4.69, 9.17) is 10.5 Å². The van der Waals surface area contributed by atoms with Crippen LogP contribution >= 0.6 is 0 Å². The third kappa shape index (κ3) is 3.87. The van der Waals surface area contributed by atoms with Gasteiger partial charge in [0, 0.05) is 42.3 Å². The molecule has 0 radical (unpaired) electrons. The fourth-order valence-electron chi connectivity index (χ4n) is 3.72. The highest BCUT2D eigenvalue weighted by atomic mass is 16.5. The minimum Gasteiger partial charge on any atom is -0.504 e. The molecule has 8 nitrogen and oxygen atoms in total. The number of anilines is 2. The molecule has 31 heavy (non-hydrogen) atoms. The van der Waals surface area contributed by atoms with Crippen molar-refractivity contribution in [2.24, 2.45) is 5.73 Å². The number of carbonyl (C=O) groups excluding carboxylic acids is 1. The van der Waals surface area contributed by atoms with Crippen LogP contribution in [-0.2, 0) is 13.0 Å². The second-order valence-electron chi connectivity index (χ2n) is 7.11. The van der Waals surface area contributed by atoms with Crippen molar-refractivity contribution in [1.82, 2.24) is 14.5 Å². The lowest BCUT2D eigenvalue weighted by Gasteiger charge is -2.19. The Balaban J connectivity index is 1.85. The summed E-state index contributed by atoms with van der Waals surface area (Å²) in [5, 5.41) is 14.3. The molecule has 0 bridgehead atoms. The number of carbonyl (C=O) groups is 1. The molecule has 0 aliphatic rings. The number of nitrogens with two attached hydrogens (primary N) is 1. The summed E-state index contributed by atoms with van der Waals surface area (Å²) in [5.74, 6) is -0.361. The first-order valence-corrected chi connectivity index (χ1v) is 9.84. The van der Waals surface area contributed by atoms with Crippen LogP contribution < -0.4 is 15.8 Å². The van der Waals surface area contributed by atoms with Crippen LogP contribution in [0.4, 0.5) is 11.4 Å². The number of hydrogen-bond donors (Lipinski definition) is 3. The molecular formula is C23H23N5O3. The lowest BCUT2D eigenvalue weighted by molar-refractivity contribution is 0.100. The third-order valence-electron chi connectivity index (χ3n) is 5.23. The Morgan fingerprint density at radius 3 is 2.84 bits per heavy atom. The number of fused-ring (bicyclic) bond motifs is 1. The maximum absolute atomic E-state index is 12.1. The molecule has 1 amide bonds. The van der Waals surface area contributed by atoms with Crippen molar-refractivity contribution in [3.8, 4) is 11.5 Å². The van der Waals surface area contributed by atoms with Gasteiger partial charge in [-0.05, 0) is 29.7 Å². The van der Waals surface area contributed by atoms with Gasteiger partial charge in [0.15, 0.2) is 11.5 Å². The lowest BCUT2D eigenvalue weighted by Crippen LogP contribution is -2.15. The van der Waals surface area contributed by atoms with Crippen molar-refractivity contribution in [3.63, 3.8) is 0 Å². The van der Waals surface area contributed by atoms with E-state index in [2.05, 4.69) is 28.3 Å². The molecule has 0 aliphatic carbocycles. The fourth-order valence-corrected chi connectivity index (χ4v) is 3.72. The number of primary amides is 1. The monoisotopic (exact) mass is 417 g/mol. The van der Waals surface area contributed by atoms with Gasteiger partial charge in [-0.15, -0.1) is 0 Å². The van der Waals surface area contributed by atoms with Gasteiger partial charge in [0.1, 0.15) is 0 Å². The molecule has 0 saturated heterocycles. The van der Waals surface area contributed by atoms with Gasteiger partial charge in [-0.1, -0.05) is 19.1 Å². The summed E-state index contributed by atoms with van der Waals surface area (Å²) in [6.07, 6.45) is 7.65. The van der Waals surface area contributed by atoms with E-state index in [-0.39, 0.29) is 11.3 Å². The number of aromatic nitrogens is 3. The van der Waals surface area contributed by atoms with Crippen LogP contribution in [0.2, 0.25) is 0 Å². The molecule has 4 N–H and O–H groups in total. The van der Waals surface area contributed by atoms with Crippen LogP contribution in [0.15, 0.2) is 55.2 Å². The molecule has 0 spiro atoms. The highest BCUT2D eigenvalue weighted by molar-refractivity contribution is 6.08. The molecule has 0 atom stereocenters. The van der Waals surface area contributed by atoms with Gasteiger partial charge in [-0.2, -0.15) is 0 Å². The zero-order valence-electron chi connectivity index (χ0n) is 17.3. The Hall–Kier alpha value is -4.07. The van der Waals surface area contributed by atoms with E-state index < -0.39 is 5.91 Å². The summed E-state index contributed by atoms with van der Waals surface area (Å²) >= 11 is 0. The van der Waals surface area contributed by atoms with Gasteiger partial charge in [0.05, 0.1) is 30.2 Å². The first kappa shape index (κ1) is 20.2. The predicted molar refractivity (Wildman–Crippen MR) is 119 cm³/mol. The number of phenolic OH excluding ortho intramolecular Hbond substituents is 1. The summed E-state index contributed by atoms with van der Waals surface area (Å²) < 4.78 is 7.18. The van der Waals surface area contributed by atoms with Gasteiger partial charge in [0.2, 0.25) is 0 Å². The van der Waals surface area contributed by atoms with Gasteiger partial charge < -0.3 is 25.5 Å². The van der Waals surface area contributed by atoms with E-state index in [1.807, 2.05) is 22.9 Å². The number of aromatic hydroxyl groups is 1. The molecule has 0 aliphatic heterocycles. The number of rotatable bonds is 7. The molecule has 158 valence electrons. The topological polar surface area (TPSA) is 115 Å². The molecule has 0 unspecified atom stereocenters. The molecule has 0 saturated carbocycles. The summed E-state index contributed by atoms with van der Waals surface area (Å²) in [7, 11) is 1.47. The number of nitrogens with one attached hydrogen (secondary N) is 1. The first-order chi connectivity index (χ1) is 15.0. The van der Waals surface area contributed by atoms with Crippen molar-refractivity contribution >= 4 is 28.2 Å². The number of imidazole rings is 1. The molecule has 0 fully saturated rings. The lowest BCUT2D eigenvalue weighted by atomic mass is 10.0. The average Bonchev–Trinajstić information content (AvgIpc) is 3.27. The first-order valence-electron chi connectivity index (χ1n) is 9.84. The zero-order valence-corrected chi connectivity index (χ0v) is 17.3. The van der Waals surface area contributed by atoms with E-state index in [1.165, 1.54) is 19.4 Å². The number of methoxy groups -OCH3 is 1. The summed E-state index contributed by atoms with van der Waals surface area (Å²) in [6.45, 7) is 2.75. The Morgan fingerprint density at radius 1 is 1.32 bits per heavy atom. The third-order valence-corrected chi connectivity index (χ3v) is 5.23. The molecule has 4 aromatic rings. The van der Waals surface area contributed by atoms with Crippen LogP contribution in [0.25, 0.3) is 10.9 Å². The number of ether oxygens (including phenoxy) is 1. The molecule has 2 aromatic carbocycles. The standard InChI is InChI=1S/C23H23N5O3/c1-3-15-14(12-28-8-7-25-13-28)5-4-6-18(15)27-22-16-9-20(29)21(31-2)10-19(16)26-11-17(22)23(24)30/h4-11,13,29H,3,12H2,1-2H3,(H2,24,30)(H,26,27). The molecule has 2 heterocycles. The number of benzene rings is 2. The molecular weight excluding hydrogens is 394 g/mol. The van der Waals surface area contributed by atoms with E-state index in [0.29, 0.717) is 28.9 Å². The smallest absolute Gasteiger partial charge is 0.252 e. The quantitative estimate of drug-likeness (QED) is 0.423.